The minimum Gasteiger partial charge on any atom is -0.312 e. The Hall–Kier alpha value is -0.380. The lowest BCUT2D eigenvalue weighted by molar-refractivity contribution is 0.190. The van der Waals surface area contributed by atoms with E-state index in [2.05, 4.69) is 36.2 Å². The molecule has 0 aromatic carbocycles. The Kier molecular flexibility index (Phi) is 6.35. The SMILES string of the molecule is CCc1ccc(CNCCCN2CCC(C)CC2)s1. The van der Waals surface area contributed by atoms with Gasteiger partial charge in [-0.05, 0) is 69.9 Å². The van der Waals surface area contributed by atoms with Gasteiger partial charge in [-0.3, -0.25) is 0 Å². The summed E-state index contributed by atoms with van der Waals surface area (Å²) in [7, 11) is 0. The summed E-state index contributed by atoms with van der Waals surface area (Å²) in [4.78, 5) is 5.60. The van der Waals surface area contributed by atoms with Crippen molar-refractivity contribution < 1.29 is 0 Å². The maximum Gasteiger partial charge on any atom is 0.0299 e. The molecule has 0 bridgehead atoms. The van der Waals surface area contributed by atoms with E-state index >= 15 is 0 Å². The van der Waals surface area contributed by atoms with E-state index < -0.39 is 0 Å². The molecule has 1 aliphatic rings. The summed E-state index contributed by atoms with van der Waals surface area (Å²) in [6.45, 7) is 10.7. The zero-order valence-corrected chi connectivity index (χ0v) is 13.3. The van der Waals surface area contributed by atoms with Crippen LogP contribution in [0, 0.1) is 5.92 Å². The quantitative estimate of drug-likeness (QED) is 0.769. The molecule has 1 saturated heterocycles. The van der Waals surface area contributed by atoms with Crippen LogP contribution in [0.5, 0.6) is 0 Å². The van der Waals surface area contributed by atoms with Crippen molar-refractivity contribution in [1.82, 2.24) is 10.2 Å². The molecule has 0 aliphatic carbocycles. The fourth-order valence-corrected chi connectivity index (χ4v) is 3.56. The summed E-state index contributed by atoms with van der Waals surface area (Å²) >= 11 is 1.95. The van der Waals surface area contributed by atoms with Crippen LogP contribution in [-0.4, -0.2) is 31.1 Å². The third-order valence-corrected chi connectivity index (χ3v) is 5.30. The van der Waals surface area contributed by atoms with Crippen LogP contribution in [0.4, 0.5) is 0 Å². The van der Waals surface area contributed by atoms with Crippen LogP contribution in [0.2, 0.25) is 0 Å². The Morgan fingerprint density at radius 1 is 1.26 bits per heavy atom. The first kappa shape index (κ1) is 15.0. The number of thiophene rings is 1. The van der Waals surface area contributed by atoms with Gasteiger partial charge in [0, 0.05) is 16.3 Å². The molecule has 0 spiro atoms. The maximum atomic E-state index is 3.57. The molecular formula is C16H28N2S. The molecular weight excluding hydrogens is 252 g/mol. The average Bonchev–Trinajstić information content (AvgIpc) is 2.88. The van der Waals surface area contributed by atoms with Gasteiger partial charge >= 0.3 is 0 Å². The van der Waals surface area contributed by atoms with Crippen molar-refractivity contribution in [2.24, 2.45) is 5.92 Å². The highest BCUT2D eigenvalue weighted by Crippen LogP contribution is 2.17. The van der Waals surface area contributed by atoms with Crippen molar-refractivity contribution in [1.29, 1.82) is 0 Å². The van der Waals surface area contributed by atoms with Crippen LogP contribution < -0.4 is 5.32 Å². The lowest BCUT2D eigenvalue weighted by Crippen LogP contribution is -2.34. The van der Waals surface area contributed by atoms with Gasteiger partial charge in [-0.2, -0.15) is 0 Å². The highest BCUT2D eigenvalue weighted by molar-refractivity contribution is 7.11. The average molecular weight is 280 g/mol. The van der Waals surface area contributed by atoms with Crippen LogP contribution in [0.1, 0.15) is 42.9 Å². The van der Waals surface area contributed by atoms with Crippen molar-refractivity contribution in [2.75, 3.05) is 26.2 Å². The minimum absolute atomic E-state index is 0.945. The predicted molar refractivity (Wildman–Crippen MR) is 84.9 cm³/mol. The van der Waals surface area contributed by atoms with E-state index in [1.165, 1.54) is 48.7 Å². The van der Waals surface area contributed by atoms with Crippen molar-refractivity contribution in [3.8, 4) is 0 Å². The van der Waals surface area contributed by atoms with Gasteiger partial charge in [0.2, 0.25) is 0 Å². The molecule has 2 heterocycles. The fourth-order valence-electron chi connectivity index (χ4n) is 2.63. The fraction of sp³-hybridized carbons (Fsp3) is 0.750. The number of hydrogen-bond acceptors (Lipinski definition) is 3. The number of nitrogens with zero attached hydrogens (tertiary/aromatic N) is 1. The summed E-state index contributed by atoms with van der Waals surface area (Å²) in [5.74, 6) is 0.945. The van der Waals surface area contributed by atoms with Gasteiger partial charge in [-0.1, -0.05) is 13.8 Å². The van der Waals surface area contributed by atoms with E-state index in [-0.39, 0.29) is 0 Å². The first-order chi connectivity index (χ1) is 9.28. The highest BCUT2D eigenvalue weighted by Gasteiger charge is 2.14. The third kappa shape index (κ3) is 5.25. The second-order valence-electron chi connectivity index (χ2n) is 5.78. The molecule has 1 aliphatic heterocycles. The molecule has 3 heteroatoms. The second kappa shape index (κ2) is 8.03. The van der Waals surface area contributed by atoms with Gasteiger partial charge in [0.25, 0.3) is 0 Å². The van der Waals surface area contributed by atoms with Gasteiger partial charge < -0.3 is 10.2 Å². The van der Waals surface area contributed by atoms with Gasteiger partial charge in [0.15, 0.2) is 0 Å². The van der Waals surface area contributed by atoms with Gasteiger partial charge in [0.05, 0.1) is 0 Å². The highest BCUT2D eigenvalue weighted by atomic mass is 32.1. The van der Waals surface area contributed by atoms with E-state index in [1.807, 2.05) is 11.3 Å². The standard InChI is InChI=1S/C16H28N2S/c1-3-15-5-6-16(19-15)13-17-9-4-10-18-11-7-14(2)8-12-18/h5-6,14,17H,3-4,7-13H2,1-2H3. The molecule has 0 unspecified atom stereocenters. The smallest absolute Gasteiger partial charge is 0.0299 e. The van der Waals surface area contributed by atoms with E-state index in [4.69, 9.17) is 0 Å². The Labute approximate surface area is 122 Å². The minimum atomic E-state index is 0.945. The molecule has 1 N–H and O–H groups in total. The number of rotatable bonds is 7. The summed E-state index contributed by atoms with van der Waals surface area (Å²) < 4.78 is 0. The van der Waals surface area contributed by atoms with Crippen molar-refractivity contribution in [2.45, 2.75) is 46.1 Å². The first-order valence-corrected chi connectivity index (χ1v) is 8.60. The van der Waals surface area contributed by atoms with Gasteiger partial charge in [-0.15, -0.1) is 11.3 Å². The molecule has 0 amide bonds. The summed E-state index contributed by atoms with van der Waals surface area (Å²) in [5, 5.41) is 3.57. The van der Waals surface area contributed by atoms with Crippen LogP contribution in [0.15, 0.2) is 12.1 Å². The van der Waals surface area contributed by atoms with Crippen molar-refractivity contribution in [3.05, 3.63) is 21.9 Å². The van der Waals surface area contributed by atoms with Gasteiger partial charge in [-0.25, -0.2) is 0 Å². The second-order valence-corrected chi connectivity index (χ2v) is 7.03. The Morgan fingerprint density at radius 3 is 2.68 bits per heavy atom. The van der Waals surface area contributed by atoms with Crippen LogP contribution >= 0.6 is 11.3 Å². The molecule has 1 aromatic heterocycles. The third-order valence-electron chi connectivity index (χ3n) is 4.07. The summed E-state index contributed by atoms with van der Waals surface area (Å²) in [6.07, 6.45) is 5.23. The number of aryl methyl sites for hydroxylation is 1. The Morgan fingerprint density at radius 2 is 2.00 bits per heavy atom. The first-order valence-electron chi connectivity index (χ1n) is 7.78. The number of hydrogen-bond donors (Lipinski definition) is 1. The lowest BCUT2D eigenvalue weighted by Gasteiger charge is -2.30. The maximum absolute atomic E-state index is 3.57. The zero-order valence-electron chi connectivity index (χ0n) is 12.5. The largest absolute Gasteiger partial charge is 0.312 e. The van der Waals surface area contributed by atoms with Crippen molar-refractivity contribution >= 4 is 11.3 Å². The monoisotopic (exact) mass is 280 g/mol. The van der Waals surface area contributed by atoms with Crippen LogP contribution in [0.25, 0.3) is 0 Å². The van der Waals surface area contributed by atoms with E-state index in [0.29, 0.717) is 0 Å². The topological polar surface area (TPSA) is 15.3 Å². The molecule has 1 aromatic rings. The molecule has 108 valence electrons. The zero-order chi connectivity index (χ0) is 13.5. The number of piperidine rings is 1. The molecule has 2 rings (SSSR count). The Bertz CT molecular complexity index is 353. The van der Waals surface area contributed by atoms with Crippen LogP contribution in [-0.2, 0) is 13.0 Å². The van der Waals surface area contributed by atoms with E-state index in [0.717, 1.165) is 25.4 Å². The van der Waals surface area contributed by atoms with Crippen molar-refractivity contribution in [3.63, 3.8) is 0 Å². The molecule has 0 radical (unpaired) electrons. The summed E-state index contributed by atoms with van der Waals surface area (Å²) in [5.41, 5.74) is 0. The van der Waals surface area contributed by atoms with E-state index in [1.54, 1.807) is 0 Å². The molecule has 0 atom stereocenters. The van der Waals surface area contributed by atoms with Gasteiger partial charge in [0.1, 0.15) is 0 Å². The van der Waals surface area contributed by atoms with E-state index in [9.17, 15) is 0 Å². The number of likely N-dealkylation sites (tertiary alicyclic amines) is 1. The predicted octanol–water partition coefficient (Wildman–Crippen LogP) is 3.52. The number of nitrogens with one attached hydrogen (secondary N) is 1. The molecule has 19 heavy (non-hydrogen) atoms. The lowest BCUT2D eigenvalue weighted by atomic mass is 9.99. The molecule has 1 fully saturated rings. The summed E-state index contributed by atoms with van der Waals surface area (Å²) in [6, 6.07) is 4.53. The normalized spacial score (nSPS) is 18.0. The van der Waals surface area contributed by atoms with Crippen LogP contribution in [0.3, 0.4) is 0 Å². The molecule has 0 saturated carbocycles. The molecule has 2 nitrogen and oxygen atoms in total. The Balaban J connectivity index is 1.52.